The monoisotopic (exact) mass is 557 g/mol. The van der Waals surface area contributed by atoms with Gasteiger partial charge in [0, 0.05) is 45.1 Å². The van der Waals surface area contributed by atoms with Gasteiger partial charge in [0.05, 0.1) is 16.8 Å². The number of aliphatic carboxylic acids is 1. The van der Waals surface area contributed by atoms with Gasteiger partial charge in [0.15, 0.2) is 5.65 Å². The Hall–Kier alpha value is -3.01. The summed E-state index contributed by atoms with van der Waals surface area (Å²) in [6.45, 7) is 6.00. The largest absolute Gasteiger partial charge is 0.481 e. The summed E-state index contributed by atoms with van der Waals surface area (Å²) < 4.78 is 3.25. The fourth-order valence-corrected chi connectivity index (χ4v) is 6.12. The molecule has 1 aliphatic heterocycles. The number of aromatic nitrogens is 3. The first-order valence-corrected chi connectivity index (χ1v) is 13.3. The van der Waals surface area contributed by atoms with Crippen LogP contribution in [0, 0.1) is 19.8 Å². The Morgan fingerprint density at radius 3 is 2.31 bits per heavy atom. The van der Waals surface area contributed by atoms with Crippen LogP contribution < -0.4 is 20.9 Å². The van der Waals surface area contributed by atoms with E-state index < -0.39 is 5.97 Å². The molecule has 9 nitrogen and oxygen atoms in total. The van der Waals surface area contributed by atoms with Crippen molar-refractivity contribution in [2.45, 2.75) is 46.0 Å². The fourth-order valence-electron chi connectivity index (χ4n) is 5.43. The first kappa shape index (κ1) is 26.1. The molecule has 0 spiro atoms. The van der Waals surface area contributed by atoms with E-state index >= 15 is 0 Å². The van der Waals surface area contributed by atoms with Crippen LogP contribution in [-0.4, -0.2) is 59.8 Å². The number of carbonyl (C=O) groups is 1. The summed E-state index contributed by atoms with van der Waals surface area (Å²) in [5.74, 6) is 2.28. The van der Waals surface area contributed by atoms with Gasteiger partial charge in [-0.05, 0) is 68.7 Å². The number of carboxylic acid groups (broad SMARTS) is 1. The van der Waals surface area contributed by atoms with Crippen molar-refractivity contribution in [3.63, 3.8) is 0 Å². The number of hydrogen-bond donors (Lipinski definition) is 4. The van der Waals surface area contributed by atoms with Gasteiger partial charge >= 0.3 is 5.97 Å². The van der Waals surface area contributed by atoms with Gasteiger partial charge in [0.1, 0.15) is 11.6 Å². The van der Waals surface area contributed by atoms with E-state index in [1.165, 1.54) is 0 Å². The second kappa shape index (κ2) is 10.9. The van der Waals surface area contributed by atoms with Gasteiger partial charge in [-0.25, -0.2) is 0 Å². The number of fused-ring (bicyclic) bond motifs is 1. The molecular formula is C26H36BrN7O2. The molecule has 0 bridgehead atoms. The van der Waals surface area contributed by atoms with Crippen LogP contribution in [0.25, 0.3) is 16.7 Å². The lowest BCUT2D eigenvalue weighted by Gasteiger charge is -2.33. The minimum atomic E-state index is -0.712. The van der Waals surface area contributed by atoms with E-state index in [-0.39, 0.29) is 6.42 Å². The lowest BCUT2D eigenvalue weighted by Crippen LogP contribution is -2.34. The van der Waals surface area contributed by atoms with Crippen LogP contribution in [0.2, 0.25) is 0 Å². The summed E-state index contributed by atoms with van der Waals surface area (Å²) in [7, 11) is 5.72. The predicted molar refractivity (Wildman–Crippen MR) is 151 cm³/mol. The SMILES string of the molecule is CNc1nc(N2CCC(CCCC(=O)O)CC2)c2c(NC)c(NC)n(-c3c(C)cc(Br)cc3C)c2n1. The molecule has 0 atom stereocenters. The molecule has 194 valence electrons. The van der Waals surface area contributed by atoms with Crippen molar-refractivity contribution in [2.75, 3.05) is 55.1 Å². The van der Waals surface area contributed by atoms with Crippen LogP contribution in [0.4, 0.5) is 23.3 Å². The number of aryl methyl sites for hydroxylation is 2. The van der Waals surface area contributed by atoms with Crippen LogP contribution in [-0.2, 0) is 4.79 Å². The number of carboxylic acids is 1. The minimum Gasteiger partial charge on any atom is -0.481 e. The zero-order chi connectivity index (χ0) is 26.0. The van der Waals surface area contributed by atoms with E-state index in [1.54, 1.807) is 0 Å². The fraction of sp³-hybridized carbons (Fsp3) is 0.500. The smallest absolute Gasteiger partial charge is 0.303 e. The number of rotatable bonds is 9. The molecule has 4 N–H and O–H groups in total. The molecular weight excluding hydrogens is 522 g/mol. The third-order valence-electron chi connectivity index (χ3n) is 7.10. The van der Waals surface area contributed by atoms with E-state index in [0.717, 1.165) is 88.4 Å². The molecule has 36 heavy (non-hydrogen) atoms. The Labute approximate surface area is 220 Å². The molecule has 0 unspecified atom stereocenters. The van der Waals surface area contributed by atoms with Crippen LogP contribution in [0.1, 0.15) is 43.2 Å². The van der Waals surface area contributed by atoms with Gasteiger partial charge in [0.25, 0.3) is 0 Å². The normalized spacial score (nSPS) is 14.3. The molecule has 1 aromatic carbocycles. The summed E-state index contributed by atoms with van der Waals surface area (Å²) in [5, 5.41) is 20.0. The lowest BCUT2D eigenvalue weighted by atomic mass is 9.91. The Bertz CT molecular complexity index is 1240. The average Bonchev–Trinajstić information content (AvgIpc) is 3.16. The Morgan fingerprint density at radius 2 is 1.75 bits per heavy atom. The van der Waals surface area contributed by atoms with Crippen LogP contribution in [0.3, 0.4) is 0 Å². The van der Waals surface area contributed by atoms with Crippen LogP contribution >= 0.6 is 15.9 Å². The maximum absolute atomic E-state index is 10.9. The highest BCUT2D eigenvalue weighted by atomic mass is 79.9. The highest BCUT2D eigenvalue weighted by molar-refractivity contribution is 9.10. The number of nitrogens with one attached hydrogen (secondary N) is 3. The summed E-state index contributed by atoms with van der Waals surface area (Å²) in [4.78, 5) is 23.1. The second-order valence-corrected chi connectivity index (χ2v) is 10.4. The van der Waals surface area contributed by atoms with E-state index in [1.807, 2.05) is 21.1 Å². The summed E-state index contributed by atoms with van der Waals surface area (Å²) in [5.41, 5.74) is 5.20. The Kier molecular flexibility index (Phi) is 7.92. The summed E-state index contributed by atoms with van der Waals surface area (Å²) >= 11 is 3.63. The van der Waals surface area contributed by atoms with Crippen LogP contribution in [0.15, 0.2) is 16.6 Å². The number of halogens is 1. The minimum absolute atomic E-state index is 0.249. The molecule has 0 aliphatic carbocycles. The molecule has 3 aromatic rings. The number of nitrogens with zero attached hydrogens (tertiary/aromatic N) is 4. The zero-order valence-corrected chi connectivity index (χ0v) is 23.3. The molecule has 10 heteroatoms. The van der Waals surface area contributed by atoms with Gasteiger partial charge < -0.3 is 26.0 Å². The average molecular weight is 559 g/mol. The van der Waals surface area contributed by atoms with Gasteiger partial charge in [0.2, 0.25) is 5.95 Å². The molecule has 0 saturated carbocycles. The van der Waals surface area contributed by atoms with Crippen molar-refractivity contribution >= 4 is 56.2 Å². The maximum atomic E-state index is 10.9. The third kappa shape index (κ3) is 4.96. The van der Waals surface area contributed by atoms with Gasteiger partial charge in [-0.3, -0.25) is 9.36 Å². The van der Waals surface area contributed by atoms with E-state index in [2.05, 4.69) is 67.3 Å². The van der Waals surface area contributed by atoms with Crippen molar-refractivity contribution in [1.82, 2.24) is 14.5 Å². The van der Waals surface area contributed by atoms with Gasteiger partial charge in [-0.2, -0.15) is 9.97 Å². The summed E-state index contributed by atoms with van der Waals surface area (Å²) in [6.07, 6.45) is 4.01. The topological polar surface area (TPSA) is 107 Å². The van der Waals surface area contributed by atoms with Crippen molar-refractivity contribution in [1.29, 1.82) is 0 Å². The predicted octanol–water partition coefficient (Wildman–Crippen LogP) is 5.40. The third-order valence-corrected chi connectivity index (χ3v) is 7.56. The van der Waals surface area contributed by atoms with Gasteiger partial charge in [-0.15, -0.1) is 0 Å². The maximum Gasteiger partial charge on any atom is 0.303 e. The Morgan fingerprint density at radius 1 is 1.08 bits per heavy atom. The molecule has 3 heterocycles. The zero-order valence-electron chi connectivity index (χ0n) is 21.7. The molecule has 1 aliphatic rings. The standard InChI is InChI=1S/C26H36BrN7O2/c1-15-13-18(27)14-16(2)22(15)34-24-20(21(28-3)25(34)29-4)23(31-26(30-5)32-24)33-11-9-17(10-12-33)7-6-8-19(35)36/h13-14,17,28-29H,6-12H2,1-5H3,(H,35,36)(H,30,31,32). The molecule has 1 fully saturated rings. The lowest BCUT2D eigenvalue weighted by molar-refractivity contribution is -0.137. The van der Waals surface area contributed by atoms with E-state index in [0.29, 0.717) is 11.9 Å². The highest BCUT2D eigenvalue weighted by Crippen LogP contribution is 2.43. The van der Waals surface area contributed by atoms with Crippen molar-refractivity contribution < 1.29 is 9.90 Å². The highest BCUT2D eigenvalue weighted by Gasteiger charge is 2.29. The van der Waals surface area contributed by atoms with Crippen LogP contribution in [0.5, 0.6) is 0 Å². The summed E-state index contributed by atoms with van der Waals surface area (Å²) in [6, 6.07) is 4.26. The molecule has 0 radical (unpaired) electrons. The number of hydrogen-bond acceptors (Lipinski definition) is 7. The number of piperidine rings is 1. The van der Waals surface area contributed by atoms with E-state index in [9.17, 15) is 4.79 Å². The number of anilines is 4. The van der Waals surface area contributed by atoms with Gasteiger partial charge in [-0.1, -0.05) is 15.9 Å². The van der Waals surface area contributed by atoms with Crippen molar-refractivity contribution in [3.05, 3.63) is 27.7 Å². The Balaban J connectivity index is 1.81. The first-order chi connectivity index (χ1) is 17.3. The first-order valence-electron chi connectivity index (χ1n) is 12.5. The molecule has 2 aromatic heterocycles. The van der Waals surface area contributed by atoms with Crippen molar-refractivity contribution in [2.24, 2.45) is 5.92 Å². The molecule has 0 amide bonds. The number of benzene rings is 1. The van der Waals surface area contributed by atoms with E-state index in [4.69, 9.17) is 15.1 Å². The van der Waals surface area contributed by atoms with Crippen molar-refractivity contribution in [3.8, 4) is 5.69 Å². The molecule has 1 saturated heterocycles. The second-order valence-electron chi connectivity index (χ2n) is 9.48. The quantitative estimate of drug-likeness (QED) is 0.277. The molecule has 4 rings (SSSR count).